The number of carbonyl (C=O) groups excluding carboxylic acids is 2. The normalized spacial score (nSPS) is 22.6. The summed E-state index contributed by atoms with van der Waals surface area (Å²) >= 11 is 0. The van der Waals surface area contributed by atoms with Gasteiger partial charge in [0.2, 0.25) is 5.91 Å². The fourth-order valence-electron chi connectivity index (χ4n) is 1.70. The van der Waals surface area contributed by atoms with Gasteiger partial charge in [-0.25, -0.2) is 0 Å². The fourth-order valence-corrected chi connectivity index (χ4v) is 1.70. The van der Waals surface area contributed by atoms with Crippen molar-refractivity contribution < 1.29 is 14.3 Å². The number of amides is 1. The van der Waals surface area contributed by atoms with E-state index < -0.39 is 0 Å². The minimum absolute atomic E-state index is 0.0502. The predicted molar refractivity (Wildman–Crippen MR) is 57.1 cm³/mol. The van der Waals surface area contributed by atoms with Crippen LogP contribution in [0.5, 0.6) is 0 Å². The maximum absolute atomic E-state index is 11.1. The van der Waals surface area contributed by atoms with E-state index >= 15 is 0 Å². The van der Waals surface area contributed by atoms with Crippen LogP contribution in [-0.4, -0.2) is 24.5 Å². The number of allylic oxidation sites excluding steroid dienone is 3. The Bertz CT molecular complexity index is 385. The molecule has 1 atom stereocenters. The van der Waals surface area contributed by atoms with Gasteiger partial charge >= 0.3 is 0 Å². The number of ether oxygens (including phenoxy) is 1. The van der Waals surface area contributed by atoms with Crippen LogP contribution in [0.2, 0.25) is 0 Å². The lowest BCUT2D eigenvalue weighted by Gasteiger charge is -2.12. The molecule has 0 saturated carbocycles. The first-order valence-electron chi connectivity index (χ1n) is 5.27. The third-order valence-electron chi connectivity index (χ3n) is 2.45. The number of hydrogen-bond acceptors (Lipinski definition) is 4. The molecule has 0 bridgehead atoms. The molecule has 1 amide bonds. The van der Waals surface area contributed by atoms with Gasteiger partial charge in [-0.1, -0.05) is 0 Å². The van der Waals surface area contributed by atoms with Crippen LogP contribution in [0.25, 0.3) is 0 Å². The van der Waals surface area contributed by atoms with Crippen LogP contribution in [0.4, 0.5) is 0 Å². The maximum Gasteiger partial charge on any atom is 0.216 e. The summed E-state index contributed by atoms with van der Waals surface area (Å²) in [5, 5.41) is 5.85. The molecule has 0 fully saturated rings. The van der Waals surface area contributed by atoms with Gasteiger partial charge in [-0.2, -0.15) is 0 Å². The van der Waals surface area contributed by atoms with Crippen molar-refractivity contribution in [3.05, 3.63) is 23.6 Å². The smallest absolute Gasteiger partial charge is 0.216 e. The SMILES string of the molecule is CC(=O)NCCC1NC2=C(CC(=O)C=C2)O1. The molecule has 2 aliphatic rings. The Morgan fingerprint density at radius 2 is 2.44 bits per heavy atom. The monoisotopic (exact) mass is 222 g/mol. The van der Waals surface area contributed by atoms with Crippen molar-refractivity contribution in [2.24, 2.45) is 0 Å². The number of ketones is 1. The summed E-state index contributed by atoms with van der Waals surface area (Å²) in [6.07, 6.45) is 4.14. The molecule has 2 rings (SSSR count). The van der Waals surface area contributed by atoms with E-state index in [4.69, 9.17) is 4.74 Å². The molecule has 5 nitrogen and oxygen atoms in total. The van der Waals surface area contributed by atoms with Gasteiger partial charge in [0.1, 0.15) is 5.76 Å². The number of hydrogen-bond donors (Lipinski definition) is 2. The lowest BCUT2D eigenvalue weighted by atomic mass is 10.1. The van der Waals surface area contributed by atoms with Gasteiger partial charge in [-0.05, 0) is 12.2 Å². The van der Waals surface area contributed by atoms with Crippen LogP contribution in [0.15, 0.2) is 23.6 Å². The lowest BCUT2D eigenvalue weighted by molar-refractivity contribution is -0.119. The molecule has 5 heteroatoms. The Balaban J connectivity index is 1.80. The molecule has 1 aliphatic carbocycles. The van der Waals surface area contributed by atoms with E-state index in [2.05, 4.69) is 10.6 Å². The topological polar surface area (TPSA) is 67.4 Å². The van der Waals surface area contributed by atoms with E-state index in [1.807, 2.05) is 0 Å². The zero-order valence-corrected chi connectivity index (χ0v) is 9.08. The standard InChI is InChI=1S/C11H14N2O3/c1-7(14)12-5-4-11-13-9-3-2-8(15)6-10(9)16-11/h2-3,11,13H,4-6H2,1H3,(H,12,14). The first-order valence-corrected chi connectivity index (χ1v) is 5.27. The van der Waals surface area contributed by atoms with E-state index in [9.17, 15) is 9.59 Å². The summed E-state index contributed by atoms with van der Waals surface area (Å²) in [5.41, 5.74) is 0.882. The van der Waals surface area contributed by atoms with Crippen molar-refractivity contribution in [3.63, 3.8) is 0 Å². The van der Waals surface area contributed by atoms with Gasteiger partial charge in [0.25, 0.3) is 0 Å². The molecule has 0 saturated heterocycles. The zero-order chi connectivity index (χ0) is 11.5. The van der Waals surface area contributed by atoms with Crippen LogP contribution in [0, 0.1) is 0 Å². The van der Waals surface area contributed by atoms with Gasteiger partial charge < -0.3 is 15.4 Å². The van der Waals surface area contributed by atoms with Crippen LogP contribution in [0.1, 0.15) is 19.8 Å². The molecule has 0 aromatic rings. The third kappa shape index (κ3) is 2.42. The second-order valence-electron chi connectivity index (χ2n) is 3.84. The van der Waals surface area contributed by atoms with Crippen molar-refractivity contribution in [2.45, 2.75) is 26.0 Å². The summed E-state index contributed by atoms with van der Waals surface area (Å²) in [4.78, 5) is 21.8. The molecule has 0 radical (unpaired) electrons. The van der Waals surface area contributed by atoms with Crippen LogP contribution < -0.4 is 10.6 Å². The molecule has 1 unspecified atom stereocenters. The maximum atomic E-state index is 11.1. The highest BCUT2D eigenvalue weighted by molar-refractivity contribution is 5.93. The Morgan fingerprint density at radius 3 is 3.19 bits per heavy atom. The number of carbonyl (C=O) groups is 2. The van der Waals surface area contributed by atoms with Gasteiger partial charge in [0, 0.05) is 19.9 Å². The van der Waals surface area contributed by atoms with Crippen molar-refractivity contribution in [2.75, 3.05) is 6.54 Å². The predicted octanol–water partition coefficient (Wildman–Crippen LogP) is 0.199. The average molecular weight is 222 g/mol. The summed E-state index contributed by atoms with van der Waals surface area (Å²) in [5.74, 6) is 0.717. The average Bonchev–Trinajstić information content (AvgIpc) is 2.58. The second kappa shape index (κ2) is 4.38. The van der Waals surface area contributed by atoms with E-state index in [0.29, 0.717) is 25.1 Å². The molecule has 86 valence electrons. The van der Waals surface area contributed by atoms with Gasteiger partial charge in [0.05, 0.1) is 12.1 Å². The molecule has 0 aromatic heterocycles. The molecule has 0 aromatic carbocycles. The summed E-state index contributed by atoms with van der Waals surface area (Å²) in [7, 11) is 0. The number of nitrogens with one attached hydrogen (secondary N) is 2. The molecular formula is C11H14N2O3. The molecule has 1 heterocycles. The Kier molecular flexibility index (Phi) is 2.94. The Morgan fingerprint density at radius 1 is 1.62 bits per heavy atom. The van der Waals surface area contributed by atoms with Crippen molar-refractivity contribution in [1.82, 2.24) is 10.6 Å². The van der Waals surface area contributed by atoms with Gasteiger partial charge in [-0.15, -0.1) is 0 Å². The molecule has 2 N–H and O–H groups in total. The largest absolute Gasteiger partial charge is 0.472 e. The van der Waals surface area contributed by atoms with Crippen LogP contribution in [0.3, 0.4) is 0 Å². The van der Waals surface area contributed by atoms with Gasteiger partial charge in [-0.3, -0.25) is 9.59 Å². The number of rotatable bonds is 3. The quantitative estimate of drug-likeness (QED) is 0.715. The highest BCUT2D eigenvalue weighted by Crippen LogP contribution is 2.24. The summed E-state index contributed by atoms with van der Waals surface area (Å²) in [6, 6.07) is 0. The Labute approximate surface area is 93.5 Å². The lowest BCUT2D eigenvalue weighted by Crippen LogP contribution is -2.30. The minimum atomic E-state index is -0.146. The van der Waals surface area contributed by atoms with E-state index in [-0.39, 0.29) is 17.9 Å². The molecular weight excluding hydrogens is 208 g/mol. The van der Waals surface area contributed by atoms with Crippen LogP contribution in [-0.2, 0) is 14.3 Å². The molecule has 1 aliphatic heterocycles. The minimum Gasteiger partial charge on any atom is -0.472 e. The third-order valence-corrected chi connectivity index (χ3v) is 2.45. The summed E-state index contributed by atoms with van der Waals surface area (Å²) in [6.45, 7) is 2.04. The van der Waals surface area contributed by atoms with Gasteiger partial charge in [0.15, 0.2) is 12.0 Å². The van der Waals surface area contributed by atoms with E-state index in [0.717, 1.165) is 5.70 Å². The molecule has 16 heavy (non-hydrogen) atoms. The second-order valence-corrected chi connectivity index (χ2v) is 3.84. The Hall–Kier alpha value is -1.78. The molecule has 0 spiro atoms. The fraction of sp³-hybridized carbons (Fsp3) is 0.455. The highest BCUT2D eigenvalue weighted by Gasteiger charge is 2.26. The zero-order valence-electron chi connectivity index (χ0n) is 9.08. The van der Waals surface area contributed by atoms with Crippen molar-refractivity contribution in [1.29, 1.82) is 0 Å². The highest BCUT2D eigenvalue weighted by atomic mass is 16.5. The van der Waals surface area contributed by atoms with Crippen LogP contribution >= 0.6 is 0 Å². The van der Waals surface area contributed by atoms with Crippen molar-refractivity contribution in [3.8, 4) is 0 Å². The first-order chi connectivity index (χ1) is 7.65. The first kappa shape index (κ1) is 10.7. The van der Waals surface area contributed by atoms with E-state index in [1.165, 1.54) is 6.92 Å². The summed E-state index contributed by atoms with van der Waals surface area (Å²) < 4.78 is 5.56. The van der Waals surface area contributed by atoms with Crippen molar-refractivity contribution >= 4 is 11.7 Å². The van der Waals surface area contributed by atoms with E-state index in [1.54, 1.807) is 12.2 Å².